The second kappa shape index (κ2) is 8.53. The summed E-state index contributed by atoms with van der Waals surface area (Å²) in [5.41, 5.74) is 11.1. The van der Waals surface area contributed by atoms with Crippen molar-refractivity contribution >= 4 is 28.8 Å². The van der Waals surface area contributed by atoms with Crippen molar-refractivity contribution < 1.29 is 9.53 Å². The lowest BCUT2D eigenvalue weighted by molar-refractivity contribution is -0.118. The molecule has 0 fully saturated rings. The predicted molar refractivity (Wildman–Crippen MR) is 114 cm³/mol. The van der Waals surface area contributed by atoms with Gasteiger partial charge < -0.3 is 15.4 Å². The summed E-state index contributed by atoms with van der Waals surface area (Å²) in [5.74, 6) is 1.02. The van der Waals surface area contributed by atoms with E-state index in [0.717, 1.165) is 47.5 Å². The van der Waals surface area contributed by atoms with Gasteiger partial charge in [0.25, 0.3) is 0 Å². The van der Waals surface area contributed by atoms with E-state index in [1.54, 1.807) is 0 Å². The largest absolute Gasteiger partial charge is 0.493 e. The number of benzene rings is 2. The first kappa shape index (κ1) is 19.4. The highest BCUT2D eigenvalue weighted by Gasteiger charge is 2.24. The fraction of sp³-hybridized carbons (Fsp3) is 0.364. The molecule has 5 heteroatoms. The molecule has 1 heterocycles. The second-order valence-corrected chi connectivity index (χ2v) is 7.41. The Morgan fingerprint density at radius 1 is 1.22 bits per heavy atom. The number of amides is 1. The summed E-state index contributed by atoms with van der Waals surface area (Å²) < 4.78 is 5.87. The van der Waals surface area contributed by atoms with Gasteiger partial charge in [-0.1, -0.05) is 36.5 Å². The number of hydrogen-bond acceptors (Lipinski definition) is 3. The van der Waals surface area contributed by atoms with Crippen molar-refractivity contribution in [2.45, 2.75) is 39.5 Å². The smallest absolute Gasteiger partial charge is 0.227 e. The minimum Gasteiger partial charge on any atom is -0.493 e. The van der Waals surface area contributed by atoms with Crippen molar-refractivity contribution in [3.8, 4) is 5.75 Å². The summed E-state index contributed by atoms with van der Waals surface area (Å²) in [4.78, 5) is 15.0. The van der Waals surface area contributed by atoms with E-state index in [1.807, 2.05) is 35.2 Å². The Bertz CT molecular complexity index is 863. The molecule has 3 rings (SSSR count). The van der Waals surface area contributed by atoms with Crippen LogP contribution >= 0.6 is 12.2 Å². The van der Waals surface area contributed by atoms with Gasteiger partial charge in [-0.05, 0) is 61.9 Å². The lowest BCUT2D eigenvalue weighted by Gasteiger charge is -2.31. The van der Waals surface area contributed by atoms with Gasteiger partial charge in [-0.15, -0.1) is 0 Å². The minimum absolute atomic E-state index is 0.126. The van der Waals surface area contributed by atoms with Crippen molar-refractivity contribution in [2.75, 3.05) is 18.1 Å². The first-order valence-corrected chi connectivity index (χ1v) is 9.81. The van der Waals surface area contributed by atoms with Crippen LogP contribution in [0.3, 0.4) is 0 Å². The van der Waals surface area contributed by atoms with Crippen LogP contribution in [0, 0.1) is 13.8 Å². The molecule has 0 saturated heterocycles. The van der Waals surface area contributed by atoms with Gasteiger partial charge in [0, 0.05) is 24.2 Å². The normalized spacial score (nSPS) is 13.2. The summed E-state index contributed by atoms with van der Waals surface area (Å²) in [5, 5.41) is 0. The Balaban J connectivity index is 1.61. The van der Waals surface area contributed by atoms with Crippen molar-refractivity contribution in [1.82, 2.24) is 0 Å². The number of carbonyl (C=O) groups is 1. The summed E-state index contributed by atoms with van der Waals surface area (Å²) in [6.45, 7) is 5.40. The third-order valence-corrected chi connectivity index (χ3v) is 5.38. The van der Waals surface area contributed by atoms with Crippen LogP contribution in [0.1, 0.15) is 41.5 Å². The maximum atomic E-state index is 12.8. The molecule has 0 aliphatic carbocycles. The van der Waals surface area contributed by atoms with E-state index in [2.05, 4.69) is 19.9 Å². The zero-order valence-corrected chi connectivity index (χ0v) is 16.8. The van der Waals surface area contributed by atoms with E-state index in [9.17, 15) is 4.79 Å². The average molecular weight is 383 g/mol. The molecule has 0 unspecified atom stereocenters. The van der Waals surface area contributed by atoms with Crippen LogP contribution in [-0.2, 0) is 11.2 Å². The molecule has 0 spiro atoms. The molecule has 27 heavy (non-hydrogen) atoms. The molecule has 2 aromatic rings. The van der Waals surface area contributed by atoms with Gasteiger partial charge in [-0.2, -0.15) is 0 Å². The van der Waals surface area contributed by atoms with Gasteiger partial charge in [0.1, 0.15) is 10.7 Å². The molecule has 1 amide bonds. The SMILES string of the molecule is Cc1cccc(OCCCC(=O)N2CCCc3c(C(N)=S)cccc32)c1C. The molecule has 2 aromatic carbocycles. The summed E-state index contributed by atoms with van der Waals surface area (Å²) in [6.07, 6.45) is 2.98. The molecular formula is C22H26N2O2S. The third kappa shape index (κ3) is 4.30. The number of rotatable bonds is 6. The predicted octanol–water partition coefficient (Wildman–Crippen LogP) is 4.08. The molecule has 0 aromatic heterocycles. The number of nitrogens with zero attached hydrogens (tertiary/aromatic N) is 1. The molecular weight excluding hydrogens is 356 g/mol. The van der Waals surface area contributed by atoms with E-state index < -0.39 is 0 Å². The van der Waals surface area contributed by atoms with Gasteiger partial charge in [0.15, 0.2) is 0 Å². The monoisotopic (exact) mass is 382 g/mol. The van der Waals surface area contributed by atoms with Gasteiger partial charge >= 0.3 is 0 Å². The standard InChI is InChI=1S/C22H26N2O2S/c1-15-7-3-11-20(16(15)2)26-14-6-12-21(25)24-13-5-9-17-18(22(23)27)8-4-10-19(17)24/h3-4,7-8,10-11H,5-6,9,12-14H2,1-2H3,(H2,23,27). The Kier molecular flexibility index (Phi) is 6.11. The van der Waals surface area contributed by atoms with Crippen LogP contribution in [0.2, 0.25) is 0 Å². The van der Waals surface area contributed by atoms with E-state index >= 15 is 0 Å². The highest BCUT2D eigenvalue weighted by molar-refractivity contribution is 7.80. The molecule has 4 nitrogen and oxygen atoms in total. The van der Waals surface area contributed by atoms with Crippen LogP contribution in [0.25, 0.3) is 0 Å². The Labute approximate surface area is 166 Å². The third-order valence-electron chi connectivity index (χ3n) is 5.16. The van der Waals surface area contributed by atoms with Gasteiger partial charge in [-0.25, -0.2) is 0 Å². The van der Waals surface area contributed by atoms with Crippen molar-refractivity contribution in [1.29, 1.82) is 0 Å². The molecule has 1 aliphatic heterocycles. The zero-order chi connectivity index (χ0) is 19.4. The van der Waals surface area contributed by atoms with Crippen LogP contribution in [0.4, 0.5) is 5.69 Å². The van der Waals surface area contributed by atoms with E-state index in [1.165, 1.54) is 5.56 Å². The van der Waals surface area contributed by atoms with Crippen LogP contribution < -0.4 is 15.4 Å². The Morgan fingerprint density at radius 2 is 2.00 bits per heavy atom. The minimum atomic E-state index is 0.126. The maximum Gasteiger partial charge on any atom is 0.227 e. The van der Waals surface area contributed by atoms with Crippen molar-refractivity contribution in [3.05, 3.63) is 58.7 Å². The topological polar surface area (TPSA) is 55.6 Å². The van der Waals surface area contributed by atoms with Crippen LogP contribution in [0.5, 0.6) is 5.75 Å². The van der Waals surface area contributed by atoms with E-state index in [0.29, 0.717) is 24.4 Å². The van der Waals surface area contributed by atoms with Gasteiger partial charge in [-0.3, -0.25) is 4.79 Å². The van der Waals surface area contributed by atoms with Crippen LogP contribution in [0.15, 0.2) is 36.4 Å². The first-order valence-electron chi connectivity index (χ1n) is 9.40. The highest BCUT2D eigenvalue weighted by atomic mass is 32.1. The van der Waals surface area contributed by atoms with Gasteiger partial charge in [0.2, 0.25) is 5.91 Å². The summed E-state index contributed by atoms with van der Waals surface area (Å²) in [6, 6.07) is 11.9. The molecule has 0 bridgehead atoms. The molecule has 0 atom stereocenters. The number of anilines is 1. The second-order valence-electron chi connectivity index (χ2n) is 6.97. The molecule has 0 radical (unpaired) electrons. The summed E-state index contributed by atoms with van der Waals surface area (Å²) in [7, 11) is 0. The van der Waals surface area contributed by atoms with Crippen molar-refractivity contribution in [3.63, 3.8) is 0 Å². The number of hydrogen-bond donors (Lipinski definition) is 1. The average Bonchev–Trinajstić information content (AvgIpc) is 2.67. The Hall–Kier alpha value is -2.40. The summed E-state index contributed by atoms with van der Waals surface area (Å²) >= 11 is 5.16. The lowest BCUT2D eigenvalue weighted by Crippen LogP contribution is -2.36. The number of nitrogens with two attached hydrogens (primary N) is 1. The maximum absolute atomic E-state index is 12.8. The molecule has 2 N–H and O–H groups in total. The van der Waals surface area contributed by atoms with Crippen LogP contribution in [-0.4, -0.2) is 24.0 Å². The fourth-order valence-corrected chi connectivity index (χ4v) is 3.73. The molecule has 0 saturated carbocycles. The number of carbonyl (C=O) groups excluding carboxylic acids is 1. The first-order chi connectivity index (χ1) is 13.0. The number of ether oxygens (including phenoxy) is 1. The Morgan fingerprint density at radius 3 is 2.78 bits per heavy atom. The number of thiocarbonyl (C=S) groups is 1. The highest BCUT2D eigenvalue weighted by Crippen LogP contribution is 2.30. The lowest BCUT2D eigenvalue weighted by atomic mass is 9.96. The quantitative estimate of drug-likeness (QED) is 0.604. The van der Waals surface area contributed by atoms with E-state index in [4.69, 9.17) is 22.7 Å². The zero-order valence-electron chi connectivity index (χ0n) is 16.0. The fourth-order valence-electron chi connectivity index (χ4n) is 3.54. The molecule has 142 valence electrons. The van der Waals surface area contributed by atoms with Crippen molar-refractivity contribution in [2.24, 2.45) is 5.73 Å². The van der Waals surface area contributed by atoms with Gasteiger partial charge in [0.05, 0.1) is 6.61 Å². The number of fused-ring (bicyclic) bond motifs is 1. The van der Waals surface area contributed by atoms with E-state index in [-0.39, 0.29) is 5.91 Å². The molecule has 1 aliphatic rings. The number of aryl methyl sites for hydroxylation is 1.